The summed E-state index contributed by atoms with van der Waals surface area (Å²) in [6.45, 7) is 1.65. The standard InChI is InChI=1S/C12H12N4O2/c1-9(18-10-3-2-4-13-7-10)12(17)16-11-8-14-5-6-15-11/h2-9H,1H3,(H,15,16,17)/t9-/m1/s1. The highest BCUT2D eigenvalue weighted by Crippen LogP contribution is 2.10. The summed E-state index contributed by atoms with van der Waals surface area (Å²) >= 11 is 0. The lowest BCUT2D eigenvalue weighted by molar-refractivity contribution is -0.122. The zero-order valence-corrected chi connectivity index (χ0v) is 9.78. The zero-order valence-electron chi connectivity index (χ0n) is 9.78. The van der Waals surface area contributed by atoms with Gasteiger partial charge in [0, 0.05) is 18.6 Å². The Hall–Kier alpha value is -2.50. The molecule has 6 heteroatoms. The van der Waals surface area contributed by atoms with Crippen molar-refractivity contribution in [3.63, 3.8) is 0 Å². The Morgan fingerprint density at radius 1 is 1.28 bits per heavy atom. The fourth-order valence-electron chi connectivity index (χ4n) is 1.27. The molecule has 0 bridgehead atoms. The maximum atomic E-state index is 11.8. The highest BCUT2D eigenvalue weighted by atomic mass is 16.5. The average molecular weight is 244 g/mol. The van der Waals surface area contributed by atoms with Crippen LogP contribution in [0.5, 0.6) is 5.75 Å². The maximum absolute atomic E-state index is 11.8. The molecule has 0 aliphatic carbocycles. The summed E-state index contributed by atoms with van der Waals surface area (Å²) in [5.41, 5.74) is 0. The lowest BCUT2D eigenvalue weighted by Crippen LogP contribution is -2.30. The number of carbonyl (C=O) groups is 1. The van der Waals surface area contributed by atoms with Crippen molar-refractivity contribution in [1.29, 1.82) is 0 Å². The number of anilines is 1. The monoisotopic (exact) mass is 244 g/mol. The third kappa shape index (κ3) is 3.24. The van der Waals surface area contributed by atoms with Gasteiger partial charge in [-0.2, -0.15) is 0 Å². The van der Waals surface area contributed by atoms with Gasteiger partial charge in [0.15, 0.2) is 11.9 Å². The van der Waals surface area contributed by atoms with Crippen molar-refractivity contribution in [3.05, 3.63) is 43.1 Å². The van der Waals surface area contributed by atoms with Crippen molar-refractivity contribution in [2.75, 3.05) is 5.32 Å². The van der Waals surface area contributed by atoms with E-state index in [0.717, 1.165) is 0 Å². The van der Waals surface area contributed by atoms with Crippen LogP contribution in [0.4, 0.5) is 5.82 Å². The number of ether oxygens (including phenoxy) is 1. The fourth-order valence-corrected chi connectivity index (χ4v) is 1.27. The van der Waals surface area contributed by atoms with Crippen LogP contribution >= 0.6 is 0 Å². The Bertz CT molecular complexity index is 504. The van der Waals surface area contributed by atoms with Crippen molar-refractivity contribution in [1.82, 2.24) is 15.0 Å². The van der Waals surface area contributed by atoms with Gasteiger partial charge >= 0.3 is 0 Å². The Kier molecular flexibility index (Phi) is 3.80. The molecule has 18 heavy (non-hydrogen) atoms. The molecule has 2 aromatic heterocycles. The third-order valence-electron chi connectivity index (χ3n) is 2.13. The SMILES string of the molecule is C[C@@H](Oc1cccnc1)C(=O)Nc1cnccn1. The van der Waals surface area contributed by atoms with Crippen LogP contribution in [0.1, 0.15) is 6.92 Å². The van der Waals surface area contributed by atoms with E-state index in [1.165, 1.54) is 18.6 Å². The molecule has 92 valence electrons. The number of nitrogens with zero attached hydrogens (tertiary/aromatic N) is 3. The van der Waals surface area contributed by atoms with Crippen LogP contribution in [0.2, 0.25) is 0 Å². The molecule has 0 radical (unpaired) electrons. The zero-order chi connectivity index (χ0) is 12.8. The predicted molar refractivity (Wildman–Crippen MR) is 65.0 cm³/mol. The molecule has 0 unspecified atom stereocenters. The molecule has 6 nitrogen and oxygen atoms in total. The number of rotatable bonds is 4. The first kappa shape index (κ1) is 12.0. The summed E-state index contributed by atoms with van der Waals surface area (Å²) in [6.07, 6.45) is 7.04. The van der Waals surface area contributed by atoms with Gasteiger partial charge in [-0.15, -0.1) is 0 Å². The van der Waals surface area contributed by atoms with Crippen molar-refractivity contribution in [2.45, 2.75) is 13.0 Å². The molecule has 2 aromatic rings. The maximum Gasteiger partial charge on any atom is 0.266 e. The largest absolute Gasteiger partial charge is 0.479 e. The van der Waals surface area contributed by atoms with Crippen LogP contribution in [0.25, 0.3) is 0 Å². The van der Waals surface area contributed by atoms with Gasteiger partial charge in [-0.1, -0.05) is 0 Å². The van der Waals surface area contributed by atoms with E-state index in [4.69, 9.17) is 4.74 Å². The Labute approximate surface area is 104 Å². The summed E-state index contributed by atoms with van der Waals surface area (Å²) < 4.78 is 5.43. The number of carbonyl (C=O) groups excluding carboxylic acids is 1. The summed E-state index contributed by atoms with van der Waals surface area (Å²) in [6, 6.07) is 3.47. The highest BCUT2D eigenvalue weighted by Gasteiger charge is 2.15. The van der Waals surface area contributed by atoms with Gasteiger partial charge in [-0.25, -0.2) is 4.98 Å². The number of hydrogen-bond donors (Lipinski definition) is 1. The lowest BCUT2D eigenvalue weighted by atomic mass is 10.3. The number of aromatic nitrogens is 3. The summed E-state index contributed by atoms with van der Waals surface area (Å²) in [4.78, 5) is 23.5. The molecule has 0 aliphatic rings. The van der Waals surface area contributed by atoms with E-state index < -0.39 is 6.10 Å². The van der Waals surface area contributed by atoms with Gasteiger partial charge < -0.3 is 10.1 Å². The third-order valence-corrected chi connectivity index (χ3v) is 2.13. The van der Waals surface area contributed by atoms with E-state index in [9.17, 15) is 4.79 Å². The van der Waals surface area contributed by atoms with Gasteiger partial charge in [0.1, 0.15) is 5.75 Å². The number of amides is 1. The summed E-state index contributed by atoms with van der Waals surface area (Å²) in [5.74, 6) is 0.641. The van der Waals surface area contributed by atoms with Crippen LogP contribution in [0, 0.1) is 0 Å². The van der Waals surface area contributed by atoms with Crippen molar-refractivity contribution in [3.8, 4) is 5.75 Å². The molecular formula is C12H12N4O2. The van der Waals surface area contributed by atoms with Crippen molar-refractivity contribution in [2.24, 2.45) is 0 Å². The van der Waals surface area contributed by atoms with Gasteiger partial charge in [-0.05, 0) is 19.1 Å². The number of nitrogens with one attached hydrogen (secondary N) is 1. The molecule has 0 spiro atoms. The van der Waals surface area contributed by atoms with E-state index in [2.05, 4.69) is 20.3 Å². The van der Waals surface area contributed by atoms with Crippen LogP contribution in [0.3, 0.4) is 0 Å². The molecule has 0 aliphatic heterocycles. The Morgan fingerprint density at radius 3 is 2.78 bits per heavy atom. The van der Waals surface area contributed by atoms with Gasteiger partial charge in [0.2, 0.25) is 0 Å². The van der Waals surface area contributed by atoms with Crippen LogP contribution in [-0.2, 0) is 4.79 Å². The van der Waals surface area contributed by atoms with Gasteiger partial charge in [-0.3, -0.25) is 14.8 Å². The molecule has 0 aromatic carbocycles. The van der Waals surface area contributed by atoms with Gasteiger partial charge in [0.05, 0.1) is 12.4 Å². The topological polar surface area (TPSA) is 77.0 Å². The van der Waals surface area contributed by atoms with E-state index >= 15 is 0 Å². The molecule has 0 saturated carbocycles. The quantitative estimate of drug-likeness (QED) is 0.876. The van der Waals surface area contributed by atoms with Crippen LogP contribution in [-0.4, -0.2) is 27.0 Å². The predicted octanol–water partition coefficient (Wildman–Crippen LogP) is 1.28. The first-order valence-corrected chi connectivity index (χ1v) is 5.39. The lowest BCUT2D eigenvalue weighted by Gasteiger charge is -2.13. The Balaban J connectivity index is 1.93. The summed E-state index contributed by atoms with van der Waals surface area (Å²) in [7, 11) is 0. The minimum atomic E-state index is -0.642. The highest BCUT2D eigenvalue weighted by molar-refractivity contribution is 5.93. The molecule has 1 amide bonds. The van der Waals surface area contributed by atoms with E-state index in [0.29, 0.717) is 11.6 Å². The van der Waals surface area contributed by atoms with E-state index in [1.54, 1.807) is 31.5 Å². The molecule has 2 heterocycles. The fraction of sp³-hybridized carbons (Fsp3) is 0.167. The van der Waals surface area contributed by atoms with Gasteiger partial charge in [0.25, 0.3) is 5.91 Å². The van der Waals surface area contributed by atoms with E-state index in [1.807, 2.05) is 0 Å². The Morgan fingerprint density at radius 2 is 2.11 bits per heavy atom. The second-order valence-corrected chi connectivity index (χ2v) is 3.53. The van der Waals surface area contributed by atoms with Crippen molar-refractivity contribution >= 4 is 11.7 Å². The van der Waals surface area contributed by atoms with E-state index in [-0.39, 0.29) is 5.91 Å². The number of hydrogen-bond acceptors (Lipinski definition) is 5. The summed E-state index contributed by atoms with van der Waals surface area (Å²) in [5, 5.41) is 2.60. The first-order valence-electron chi connectivity index (χ1n) is 5.39. The molecule has 2 rings (SSSR count). The second-order valence-electron chi connectivity index (χ2n) is 3.53. The first-order chi connectivity index (χ1) is 8.75. The van der Waals surface area contributed by atoms with Crippen LogP contribution < -0.4 is 10.1 Å². The minimum absolute atomic E-state index is 0.292. The molecular weight excluding hydrogens is 232 g/mol. The minimum Gasteiger partial charge on any atom is -0.479 e. The molecule has 1 N–H and O–H groups in total. The molecule has 1 atom stereocenters. The molecule has 0 saturated heterocycles. The van der Waals surface area contributed by atoms with Crippen molar-refractivity contribution < 1.29 is 9.53 Å². The average Bonchev–Trinajstić information content (AvgIpc) is 2.41. The smallest absolute Gasteiger partial charge is 0.266 e. The number of pyridine rings is 1. The van der Waals surface area contributed by atoms with Crippen LogP contribution in [0.15, 0.2) is 43.1 Å². The normalized spacial score (nSPS) is 11.6. The second kappa shape index (κ2) is 5.72. The molecule has 0 fully saturated rings.